The minimum absolute atomic E-state index is 0.00394. The first-order valence-electron chi connectivity index (χ1n) is 5.00. The molecule has 1 fully saturated rings. The summed E-state index contributed by atoms with van der Waals surface area (Å²) in [5, 5.41) is 0. The number of carbonyl (C=O) groups excluding carboxylic acids is 1. The Kier molecular flexibility index (Phi) is 3.86. The monoisotopic (exact) mass is 235 g/mol. The van der Waals surface area contributed by atoms with E-state index >= 15 is 0 Å². The van der Waals surface area contributed by atoms with E-state index in [1.807, 2.05) is 0 Å². The second-order valence-corrected chi connectivity index (χ2v) is 6.34. The molecule has 1 rings (SSSR count). The van der Waals surface area contributed by atoms with E-state index in [4.69, 9.17) is 10.5 Å². The van der Waals surface area contributed by atoms with Crippen molar-refractivity contribution in [2.75, 3.05) is 24.7 Å². The van der Waals surface area contributed by atoms with Gasteiger partial charge in [-0.3, -0.25) is 4.79 Å². The van der Waals surface area contributed by atoms with Crippen LogP contribution in [-0.2, 0) is 19.4 Å². The smallest absolute Gasteiger partial charge is 0.156 e. The topological polar surface area (TPSA) is 86.5 Å². The number of hydrogen-bond donors (Lipinski definition) is 1. The molecule has 0 amide bonds. The quantitative estimate of drug-likeness (QED) is 0.694. The first kappa shape index (κ1) is 12.6. The van der Waals surface area contributed by atoms with Crippen molar-refractivity contribution in [2.24, 2.45) is 5.73 Å². The molecule has 0 bridgehead atoms. The Balaban J connectivity index is 2.49. The number of Topliss-reactive ketones (excluding diaryl/α,β-unsaturated/α-hetero) is 1. The molecular weight excluding hydrogens is 218 g/mol. The fourth-order valence-electron chi connectivity index (χ4n) is 1.44. The molecule has 0 aromatic carbocycles. The van der Waals surface area contributed by atoms with Crippen LogP contribution in [0, 0.1) is 0 Å². The van der Waals surface area contributed by atoms with Crippen LogP contribution in [0.15, 0.2) is 0 Å². The average molecular weight is 235 g/mol. The van der Waals surface area contributed by atoms with Crippen molar-refractivity contribution in [2.45, 2.75) is 25.3 Å². The van der Waals surface area contributed by atoms with Gasteiger partial charge in [-0.1, -0.05) is 6.92 Å². The van der Waals surface area contributed by atoms with Gasteiger partial charge in [0.15, 0.2) is 5.78 Å². The third-order valence-corrected chi connectivity index (χ3v) is 4.39. The van der Waals surface area contributed by atoms with Crippen molar-refractivity contribution in [3.05, 3.63) is 0 Å². The summed E-state index contributed by atoms with van der Waals surface area (Å²) >= 11 is 0. The molecule has 0 aliphatic carbocycles. The van der Waals surface area contributed by atoms with Crippen molar-refractivity contribution < 1.29 is 17.9 Å². The molecule has 1 saturated heterocycles. The normalized spacial score (nSPS) is 26.8. The Morgan fingerprint density at radius 1 is 1.53 bits per heavy atom. The van der Waals surface area contributed by atoms with Crippen LogP contribution in [0.25, 0.3) is 0 Å². The maximum Gasteiger partial charge on any atom is 0.156 e. The van der Waals surface area contributed by atoms with Crippen LogP contribution < -0.4 is 5.73 Å². The number of rotatable bonds is 5. The molecule has 1 atom stereocenters. The molecule has 2 N–H and O–H groups in total. The molecular formula is C9H17NO4S. The van der Waals surface area contributed by atoms with Gasteiger partial charge in [0, 0.05) is 18.8 Å². The lowest BCUT2D eigenvalue weighted by Crippen LogP contribution is -2.49. The molecule has 0 aromatic heterocycles. The molecule has 1 aliphatic heterocycles. The van der Waals surface area contributed by atoms with Crippen molar-refractivity contribution >= 4 is 15.6 Å². The fraction of sp³-hybridized carbons (Fsp3) is 0.889. The lowest BCUT2D eigenvalue weighted by atomic mass is 9.93. The largest absolute Gasteiger partial charge is 0.379 e. The summed E-state index contributed by atoms with van der Waals surface area (Å²) in [6.07, 6.45) is 0.480. The summed E-state index contributed by atoms with van der Waals surface area (Å²) in [7, 11) is -3.09. The van der Waals surface area contributed by atoms with E-state index in [0.717, 1.165) is 0 Å². The summed E-state index contributed by atoms with van der Waals surface area (Å²) in [5.74, 6) is -0.257. The number of sulfone groups is 1. The number of nitrogens with two attached hydrogens (primary N) is 1. The molecule has 0 aromatic rings. The van der Waals surface area contributed by atoms with Crippen molar-refractivity contribution in [1.82, 2.24) is 0 Å². The van der Waals surface area contributed by atoms with Crippen molar-refractivity contribution in [3.63, 3.8) is 0 Å². The fourth-order valence-corrected chi connectivity index (χ4v) is 2.23. The van der Waals surface area contributed by atoms with Crippen LogP contribution in [0.5, 0.6) is 0 Å². The second kappa shape index (κ2) is 4.59. The van der Waals surface area contributed by atoms with Gasteiger partial charge in [-0.2, -0.15) is 0 Å². The van der Waals surface area contributed by atoms with E-state index < -0.39 is 15.4 Å². The SMILES string of the molecule is CCS(=O)(=O)CCC(=O)C1(N)CCOC1. The molecule has 0 radical (unpaired) electrons. The zero-order valence-electron chi connectivity index (χ0n) is 8.86. The molecule has 0 saturated carbocycles. The van der Waals surface area contributed by atoms with E-state index in [2.05, 4.69) is 0 Å². The summed E-state index contributed by atoms with van der Waals surface area (Å²) in [6, 6.07) is 0. The molecule has 0 spiro atoms. The predicted octanol–water partition coefficient (Wildman–Crippen LogP) is -0.502. The highest BCUT2D eigenvalue weighted by Gasteiger charge is 2.37. The van der Waals surface area contributed by atoms with Gasteiger partial charge in [0.05, 0.1) is 12.4 Å². The number of hydrogen-bond acceptors (Lipinski definition) is 5. The van der Waals surface area contributed by atoms with Crippen molar-refractivity contribution in [3.8, 4) is 0 Å². The zero-order chi connectivity index (χ0) is 11.5. The highest BCUT2D eigenvalue weighted by molar-refractivity contribution is 7.91. The Labute approximate surface area is 89.9 Å². The molecule has 88 valence electrons. The molecule has 15 heavy (non-hydrogen) atoms. The van der Waals surface area contributed by atoms with Crippen LogP contribution in [0.4, 0.5) is 0 Å². The van der Waals surface area contributed by atoms with E-state index in [0.29, 0.717) is 13.0 Å². The highest BCUT2D eigenvalue weighted by Crippen LogP contribution is 2.18. The summed E-state index contributed by atoms with van der Waals surface area (Å²) < 4.78 is 27.4. The maximum atomic E-state index is 11.7. The van der Waals surface area contributed by atoms with E-state index in [-0.39, 0.29) is 30.3 Å². The van der Waals surface area contributed by atoms with Gasteiger partial charge in [-0.15, -0.1) is 0 Å². The van der Waals surface area contributed by atoms with Gasteiger partial charge in [0.25, 0.3) is 0 Å². The molecule has 1 heterocycles. The van der Waals surface area contributed by atoms with Gasteiger partial charge < -0.3 is 10.5 Å². The summed E-state index contributed by atoms with van der Waals surface area (Å²) in [4.78, 5) is 11.7. The minimum atomic E-state index is -3.09. The van der Waals surface area contributed by atoms with Gasteiger partial charge >= 0.3 is 0 Å². The van der Waals surface area contributed by atoms with E-state index in [1.54, 1.807) is 6.92 Å². The minimum Gasteiger partial charge on any atom is -0.379 e. The first-order valence-corrected chi connectivity index (χ1v) is 6.82. The third kappa shape index (κ3) is 3.25. The van der Waals surface area contributed by atoms with Crippen LogP contribution in [0.2, 0.25) is 0 Å². The van der Waals surface area contributed by atoms with Crippen LogP contribution in [-0.4, -0.2) is 44.5 Å². The average Bonchev–Trinajstić information content (AvgIpc) is 2.63. The lowest BCUT2D eigenvalue weighted by molar-refractivity contribution is -0.123. The number of ether oxygens (including phenoxy) is 1. The van der Waals surface area contributed by atoms with Crippen LogP contribution in [0.3, 0.4) is 0 Å². The van der Waals surface area contributed by atoms with Gasteiger partial charge in [0.2, 0.25) is 0 Å². The zero-order valence-corrected chi connectivity index (χ0v) is 9.68. The Morgan fingerprint density at radius 2 is 2.20 bits per heavy atom. The van der Waals surface area contributed by atoms with Crippen LogP contribution in [0.1, 0.15) is 19.8 Å². The maximum absolute atomic E-state index is 11.7. The van der Waals surface area contributed by atoms with E-state index in [9.17, 15) is 13.2 Å². The van der Waals surface area contributed by atoms with E-state index in [1.165, 1.54) is 0 Å². The van der Waals surface area contributed by atoms with Crippen molar-refractivity contribution in [1.29, 1.82) is 0 Å². The lowest BCUT2D eigenvalue weighted by Gasteiger charge is -2.19. The Morgan fingerprint density at radius 3 is 2.67 bits per heavy atom. The summed E-state index contributed by atoms with van der Waals surface area (Å²) in [6.45, 7) is 2.25. The Bertz CT molecular complexity index is 330. The summed E-state index contributed by atoms with van der Waals surface area (Å²) in [5.41, 5.74) is 4.85. The van der Waals surface area contributed by atoms with Gasteiger partial charge in [0.1, 0.15) is 15.4 Å². The van der Waals surface area contributed by atoms with Gasteiger partial charge in [-0.25, -0.2) is 8.42 Å². The number of ketones is 1. The Hall–Kier alpha value is -0.460. The predicted molar refractivity (Wildman–Crippen MR) is 56.3 cm³/mol. The molecule has 6 heteroatoms. The molecule has 1 aliphatic rings. The molecule has 5 nitrogen and oxygen atoms in total. The standard InChI is InChI=1S/C9H17NO4S/c1-2-15(12,13)6-3-8(11)9(10)4-5-14-7-9/h2-7,10H2,1H3. The third-order valence-electron chi connectivity index (χ3n) is 2.69. The molecule has 1 unspecified atom stereocenters. The first-order chi connectivity index (χ1) is 6.90. The highest BCUT2D eigenvalue weighted by atomic mass is 32.2. The second-order valence-electron chi connectivity index (χ2n) is 3.87. The van der Waals surface area contributed by atoms with Crippen LogP contribution >= 0.6 is 0 Å². The number of carbonyl (C=O) groups is 1. The van der Waals surface area contributed by atoms with Gasteiger partial charge in [-0.05, 0) is 6.42 Å².